The van der Waals surface area contributed by atoms with Crippen molar-refractivity contribution in [3.63, 3.8) is 0 Å². The van der Waals surface area contributed by atoms with Gasteiger partial charge in [-0.25, -0.2) is 10.5 Å². The molecule has 18 heavy (non-hydrogen) atoms. The van der Waals surface area contributed by atoms with Crippen LogP contribution in [0.5, 0.6) is 0 Å². The number of nitrogens with zero attached hydrogens (tertiary/aromatic N) is 2. The van der Waals surface area contributed by atoms with Crippen LogP contribution in [0.2, 0.25) is 0 Å². The van der Waals surface area contributed by atoms with Crippen molar-refractivity contribution >= 4 is 16.8 Å². The molecule has 6 nitrogen and oxygen atoms in total. The fraction of sp³-hybridized carbons (Fsp3) is 0.250. The molecule has 0 bridgehead atoms. The minimum atomic E-state index is -0.403. The average Bonchev–Trinajstić information content (AvgIpc) is 2.35. The summed E-state index contributed by atoms with van der Waals surface area (Å²) in [5.41, 5.74) is 2.57. The Morgan fingerprint density at radius 1 is 1.44 bits per heavy atom. The van der Waals surface area contributed by atoms with Gasteiger partial charge in [0.05, 0.1) is 18.0 Å². The predicted octanol–water partition coefficient (Wildman–Crippen LogP) is 0.383. The summed E-state index contributed by atoms with van der Waals surface area (Å²) in [6.07, 6.45) is 0. The second kappa shape index (κ2) is 4.97. The molecule has 0 aliphatic heterocycles. The Kier molecular flexibility index (Phi) is 3.38. The molecule has 2 aromatic rings. The van der Waals surface area contributed by atoms with Gasteiger partial charge in [0.1, 0.15) is 12.4 Å². The molecule has 0 spiro atoms. The van der Waals surface area contributed by atoms with Gasteiger partial charge in [-0.1, -0.05) is 12.1 Å². The number of aryl methyl sites for hydroxylation is 1. The van der Waals surface area contributed by atoms with E-state index in [0.29, 0.717) is 16.7 Å². The van der Waals surface area contributed by atoms with Crippen LogP contribution in [0.25, 0.3) is 10.9 Å². The minimum absolute atomic E-state index is 0.115. The zero-order chi connectivity index (χ0) is 13.1. The Morgan fingerprint density at radius 2 is 2.17 bits per heavy atom. The predicted molar refractivity (Wildman–Crippen MR) is 65.9 cm³/mol. The summed E-state index contributed by atoms with van der Waals surface area (Å²) in [5, 5.41) is 0.494. The van der Waals surface area contributed by atoms with Gasteiger partial charge < -0.3 is 0 Å². The van der Waals surface area contributed by atoms with E-state index in [1.807, 2.05) is 6.07 Å². The van der Waals surface area contributed by atoms with Crippen molar-refractivity contribution in [3.8, 4) is 0 Å². The molecule has 2 rings (SSSR count). The molecule has 0 aliphatic carbocycles. The topological polar surface area (TPSA) is 73.2 Å². The highest BCUT2D eigenvalue weighted by atomic mass is 16.6. The van der Waals surface area contributed by atoms with Crippen molar-refractivity contribution in [3.05, 3.63) is 40.4 Å². The Labute approximate surface area is 103 Å². The molecular formula is C12H13N3O3. The van der Waals surface area contributed by atoms with Crippen molar-refractivity contribution in [1.82, 2.24) is 15.0 Å². The molecule has 1 amide bonds. The number of nitrogens with one attached hydrogen (secondary N) is 1. The van der Waals surface area contributed by atoms with E-state index in [0.717, 1.165) is 0 Å². The smallest absolute Gasteiger partial charge is 0.263 e. The van der Waals surface area contributed by atoms with Gasteiger partial charge >= 0.3 is 0 Å². The first-order chi connectivity index (χ1) is 8.63. The van der Waals surface area contributed by atoms with Crippen LogP contribution in [0, 0.1) is 6.92 Å². The number of fused-ring (bicyclic) bond motifs is 1. The van der Waals surface area contributed by atoms with Gasteiger partial charge in [0.25, 0.3) is 11.5 Å². The number of aromatic nitrogens is 2. The SMILES string of the molecule is CONC(=O)Cn1c(C)nc2ccccc2c1=O. The van der Waals surface area contributed by atoms with Gasteiger partial charge in [-0.05, 0) is 19.1 Å². The number of para-hydroxylation sites is 1. The summed E-state index contributed by atoms with van der Waals surface area (Å²) in [4.78, 5) is 32.4. The van der Waals surface area contributed by atoms with Crippen molar-refractivity contribution in [1.29, 1.82) is 0 Å². The molecule has 0 saturated carbocycles. The van der Waals surface area contributed by atoms with Gasteiger partial charge in [0.2, 0.25) is 0 Å². The van der Waals surface area contributed by atoms with Crippen LogP contribution < -0.4 is 11.0 Å². The first-order valence-electron chi connectivity index (χ1n) is 5.41. The quantitative estimate of drug-likeness (QED) is 0.796. The summed E-state index contributed by atoms with van der Waals surface area (Å²) >= 11 is 0. The Hall–Kier alpha value is -2.21. The van der Waals surface area contributed by atoms with Crippen LogP contribution in [0.3, 0.4) is 0 Å². The molecule has 0 fully saturated rings. The van der Waals surface area contributed by atoms with Crippen molar-refractivity contribution < 1.29 is 9.63 Å². The van der Waals surface area contributed by atoms with Gasteiger partial charge in [-0.3, -0.25) is 19.0 Å². The van der Waals surface area contributed by atoms with E-state index in [4.69, 9.17) is 0 Å². The van der Waals surface area contributed by atoms with Crippen LogP contribution in [-0.4, -0.2) is 22.6 Å². The maximum atomic E-state index is 12.2. The number of hydrogen-bond donors (Lipinski definition) is 1. The minimum Gasteiger partial charge on any atom is -0.287 e. The van der Waals surface area contributed by atoms with Crippen molar-refractivity contribution in [2.75, 3.05) is 7.11 Å². The lowest BCUT2D eigenvalue weighted by Crippen LogP contribution is -2.33. The normalized spacial score (nSPS) is 10.6. The highest BCUT2D eigenvalue weighted by Crippen LogP contribution is 2.07. The van der Waals surface area contributed by atoms with E-state index in [-0.39, 0.29) is 12.1 Å². The molecule has 0 saturated heterocycles. The van der Waals surface area contributed by atoms with Crippen LogP contribution >= 0.6 is 0 Å². The average molecular weight is 247 g/mol. The standard InChI is InChI=1S/C12H13N3O3/c1-8-13-10-6-4-3-5-9(10)12(17)15(8)7-11(16)14-18-2/h3-6H,7H2,1-2H3,(H,14,16). The molecule has 94 valence electrons. The van der Waals surface area contributed by atoms with E-state index >= 15 is 0 Å². The number of carbonyl (C=O) groups excluding carboxylic acids is 1. The van der Waals surface area contributed by atoms with Crippen molar-refractivity contribution in [2.45, 2.75) is 13.5 Å². The first kappa shape index (κ1) is 12.3. The summed E-state index contributed by atoms with van der Waals surface area (Å²) < 4.78 is 1.32. The zero-order valence-corrected chi connectivity index (χ0v) is 10.1. The number of benzene rings is 1. The molecule has 0 atom stereocenters. The van der Waals surface area contributed by atoms with E-state index in [2.05, 4.69) is 15.3 Å². The highest BCUT2D eigenvalue weighted by Gasteiger charge is 2.10. The number of hydrogen-bond acceptors (Lipinski definition) is 4. The lowest BCUT2D eigenvalue weighted by Gasteiger charge is -2.09. The fourth-order valence-corrected chi connectivity index (χ4v) is 1.75. The Balaban J connectivity index is 2.51. The van der Waals surface area contributed by atoms with Crippen LogP contribution in [0.15, 0.2) is 29.1 Å². The van der Waals surface area contributed by atoms with Gasteiger partial charge in [-0.15, -0.1) is 0 Å². The zero-order valence-electron chi connectivity index (χ0n) is 10.1. The fourth-order valence-electron chi connectivity index (χ4n) is 1.75. The molecule has 1 aromatic heterocycles. The van der Waals surface area contributed by atoms with E-state index in [1.165, 1.54) is 11.7 Å². The second-order valence-electron chi connectivity index (χ2n) is 3.80. The summed E-state index contributed by atoms with van der Waals surface area (Å²) in [6.45, 7) is 1.57. The molecule has 0 aliphatic rings. The molecule has 1 N–H and O–H groups in total. The number of amides is 1. The van der Waals surface area contributed by atoms with Crippen LogP contribution in [0.1, 0.15) is 5.82 Å². The monoisotopic (exact) mass is 247 g/mol. The molecule has 1 heterocycles. The molecule has 1 aromatic carbocycles. The Morgan fingerprint density at radius 3 is 2.89 bits per heavy atom. The lowest BCUT2D eigenvalue weighted by molar-refractivity contribution is -0.132. The maximum Gasteiger partial charge on any atom is 0.263 e. The highest BCUT2D eigenvalue weighted by molar-refractivity contribution is 5.78. The summed E-state index contributed by atoms with van der Waals surface area (Å²) in [7, 11) is 1.34. The van der Waals surface area contributed by atoms with Crippen LogP contribution in [0.4, 0.5) is 0 Å². The maximum absolute atomic E-state index is 12.2. The van der Waals surface area contributed by atoms with Gasteiger partial charge in [0, 0.05) is 0 Å². The van der Waals surface area contributed by atoms with Gasteiger partial charge in [0.15, 0.2) is 0 Å². The summed E-state index contributed by atoms with van der Waals surface area (Å²) in [5.74, 6) is 0.0877. The Bertz CT molecular complexity index is 649. The lowest BCUT2D eigenvalue weighted by atomic mass is 10.2. The molecule has 6 heteroatoms. The number of hydroxylamine groups is 1. The summed E-state index contributed by atoms with van der Waals surface area (Å²) in [6, 6.07) is 7.04. The van der Waals surface area contributed by atoms with E-state index in [1.54, 1.807) is 25.1 Å². The molecule has 0 radical (unpaired) electrons. The third-order valence-corrected chi connectivity index (χ3v) is 2.57. The number of rotatable bonds is 3. The largest absolute Gasteiger partial charge is 0.287 e. The molecular weight excluding hydrogens is 234 g/mol. The number of carbonyl (C=O) groups is 1. The second-order valence-corrected chi connectivity index (χ2v) is 3.80. The molecule has 0 unspecified atom stereocenters. The first-order valence-corrected chi connectivity index (χ1v) is 5.41. The van der Waals surface area contributed by atoms with Gasteiger partial charge in [-0.2, -0.15) is 0 Å². The third-order valence-electron chi connectivity index (χ3n) is 2.57. The third kappa shape index (κ3) is 2.23. The van der Waals surface area contributed by atoms with E-state index in [9.17, 15) is 9.59 Å². The van der Waals surface area contributed by atoms with Crippen LogP contribution in [-0.2, 0) is 16.2 Å². The van der Waals surface area contributed by atoms with Crippen molar-refractivity contribution in [2.24, 2.45) is 0 Å². The van der Waals surface area contributed by atoms with E-state index < -0.39 is 5.91 Å².